The number of furan rings is 1. The molecule has 0 spiro atoms. The molecule has 1 aliphatic heterocycles. The highest BCUT2D eigenvalue weighted by Crippen LogP contribution is 2.21. The summed E-state index contributed by atoms with van der Waals surface area (Å²) in [6.07, 6.45) is 2.24. The molecule has 1 fully saturated rings. The summed E-state index contributed by atoms with van der Waals surface area (Å²) in [6.45, 7) is 7.89. The fourth-order valence-corrected chi connectivity index (χ4v) is 3.63. The van der Waals surface area contributed by atoms with Gasteiger partial charge in [0.2, 0.25) is 0 Å². The molecule has 1 aliphatic rings. The van der Waals surface area contributed by atoms with Gasteiger partial charge in [-0.2, -0.15) is 0 Å². The number of nitrogens with zero attached hydrogens (tertiary/aromatic N) is 1. The molecule has 0 saturated carbocycles. The molecule has 0 unspecified atom stereocenters. The Morgan fingerprint density at radius 2 is 1.92 bits per heavy atom. The minimum atomic E-state index is 0.0134. The van der Waals surface area contributed by atoms with E-state index in [1.807, 2.05) is 38.1 Å². The van der Waals surface area contributed by atoms with Crippen LogP contribution < -0.4 is 5.32 Å². The number of rotatable bonds is 5. The second-order valence-electron chi connectivity index (χ2n) is 6.87. The molecule has 0 bridgehead atoms. The maximum atomic E-state index is 12.2. The van der Waals surface area contributed by atoms with Crippen molar-refractivity contribution in [1.29, 1.82) is 0 Å². The fourth-order valence-electron chi connectivity index (χ4n) is 3.37. The third-order valence-electron chi connectivity index (χ3n) is 4.90. The minimum absolute atomic E-state index is 0.0134. The predicted molar refractivity (Wildman–Crippen MR) is 103 cm³/mol. The number of benzene rings is 1. The summed E-state index contributed by atoms with van der Waals surface area (Å²) in [5, 5.41) is 3.08. The van der Waals surface area contributed by atoms with Gasteiger partial charge in [-0.25, -0.2) is 0 Å². The van der Waals surface area contributed by atoms with Gasteiger partial charge in [0.25, 0.3) is 5.91 Å². The number of carbonyl (C=O) groups excluding carboxylic acids is 1. The second kappa shape index (κ2) is 8.19. The molecule has 2 heterocycles. The SMILES string of the molecule is Cc1cc(CN2CCC(CNC(=O)c3ccc(Br)cc3)CC2)c(C)o1. The molecule has 1 aromatic carbocycles. The summed E-state index contributed by atoms with van der Waals surface area (Å²) in [6, 6.07) is 9.62. The number of hydrogen-bond donors (Lipinski definition) is 1. The monoisotopic (exact) mass is 404 g/mol. The van der Waals surface area contributed by atoms with Gasteiger partial charge in [0.15, 0.2) is 0 Å². The van der Waals surface area contributed by atoms with Gasteiger partial charge in [0, 0.05) is 28.7 Å². The van der Waals surface area contributed by atoms with Crippen LogP contribution in [0.4, 0.5) is 0 Å². The van der Waals surface area contributed by atoms with Crippen molar-refractivity contribution in [2.45, 2.75) is 33.2 Å². The zero-order chi connectivity index (χ0) is 17.8. The summed E-state index contributed by atoms with van der Waals surface area (Å²) >= 11 is 3.39. The number of amides is 1. The van der Waals surface area contributed by atoms with Gasteiger partial charge < -0.3 is 9.73 Å². The Bertz CT molecular complexity index is 716. The minimum Gasteiger partial charge on any atom is -0.466 e. The lowest BCUT2D eigenvalue weighted by Crippen LogP contribution is -2.38. The zero-order valence-corrected chi connectivity index (χ0v) is 16.4. The molecule has 0 aliphatic carbocycles. The van der Waals surface area contributed by atoms with Crippen LogP contribution in [0, 0.1) is 19.8 Å². The lowest BCUT2D eigenvalue weighted by Gasteiger charge is -2.31. The standard InChI is InChI=1S/C20H25BrN2O2/c1-14-11-18(15(2)25-14)13-23-9-7-16(8-10-23)12-22-20(24)17-3-5-19(21)6-4-17/h3-6,11,16H,7-10,12-13H2,1-2H3,(H,22,24). The molecule has 1 saturated heterocycles. The smallest absolute Gasteiger partial charge is 0.251 e. The molecule has 2 aromatic rings. The highest BCUT2D eigenvalue weighted by atomic mass is 79.9. The summed E-state index contributed by atoms with van der Waals surface area (Å²) in [5.41, 5.74) is 2.01. The number of halogens is 1. The van der Waals surface area contributed by atoms with Crippen LogP contribution in [0.15, 0.2) is 39.2 Å². The molecular weight excluding hydrogens is 380 g/mol. The van der Waals surface area contributed by atoms with Crippen molar-refractivity contribution in [2.24, 2.45) is 5.92 Å². The third-order valence-corrected chi connectivity index (χ3v) is 5.43. The quantitative estimate of drug-likeness (QED) is 0.807. The first kappa shape index (κ1) is 18.2. The van der Waals surface area contributed by atoms with E-state index in [9.17, 15) is 4.79 Å². The number of carbonyl (C=O) groups is 1. The van der Waals surface area contributed by atoms with E-state index < -0.39 is 0 Å². The molecule has 0 radical (unpaired) electrons. The summed E-state index contributed by atoms with van der Waals surface area (Å²) in [4.78, 5) is 14.7. The van der Waals surface area contributed by atoms with E-state index in [1.165, 1.54) is 5.56 Å². The van der Waals surface area contributed by atoms with Crippen LogP contribution in [0.5, 0.6) is 0 Å². The molecule has 4 nitrogen and oxygen atoms in total. The van der Waals surface area contributed by atoms with Gasteiger partial charge in [-0.15, -0.1) is 0 Å². The van der Waals surface area contributed by atoms with E-state index in [-0.39, 0.29) is 5.91 Å². The Morgan fingerprint density at radius 1 is 1.24 bits per heavy atom. The first-order valence-electron chi connectivity index (χ1n) is 8.83. The number of piperidine rings is 1. The topological polar surface area (TPSA) is 45.5 Å². The lowest BCUT2D eigenvalue weighted by molar-refractivity contribution is 0.0935. The van der Waals surface area contributed by atoms with Gasteiger partial charge in [-0.3, -0.25) is 9.69 Å². The maximum Gasteiger partial charge on any atom is 0.251 e. The third kappa shape index (κ3) is 4.95. The molecule has 25 heavy (non-hydrogen) atoms. The van der Waals surface area contributed by atoms with Crippen LogP contribution in [-0.2, 0) is 6.54 Å². The van der Waals surface area contributed by atoms with Crippen molar-refractivity contribution >= 4 is 21.8 Å². The summed E-state index contributed by atoms with van der Waals surface area (Å²) in [7, 11) is 0. The Kier molecular flexibility index (Phi) is 5.97. The first-order valence-corrected chi connectivity index (χ1v) is 9.62. The Balaban J connectivity index is 1.42. The van der Waals surface area contributed by atoms with Crippen molar-refractivity contribution in [3.8, 4) is 0 Å². The number of nitrogens with one attached hydrogen (secondary N) is 1. The average molecular weight is 405 g/mol. The highest BCUT2D eigenvalue weighted by molar-refractivity contribution is 9.10. The highest BCUT2D eigenvalue weighted by Gasteiger charge is 2.21. The van der Waals surface area contributed by atoms with Crippen molar-refractivity contribution in [3.63, 3.8) is 0 Å². The molecule has 134 valence electrons. The summed E-state index contributed by atoms with van der Waals surface area (Å²) in [5.74, 6) is 2.58. The molecule has 3 rings (SSSR count). The van der Waals surface area contributed by atoms with Crippen LogP contribution in [0.1, 0.15) is 40.3 Å². The van der Waals surface area contributed by atoms with E-state index in [2.05, 4.69) is 32.2 Å². The molecule has 1 aromatic heterocycles. The van der Waals surface area contributed by atoms with E-state index >= 15 is 0 Å². The predicted octanol–water partition coefficient (Wildman–Crippen LogP) is 4.30. The van der Waals surface area contributed by atoms with Crippen LogP contribution in [0.2, 0.25) is 0 Å². The number of aryl methyl sites for hydroxylation is 2. The van der Waals surface area contributed by atoms with Crippen LogP contribution in [0.25, 0.3) is 0 Å². The molecule has 1 N–H and O–H groups in total. The van der Waals surface area contributed by atoms with Gasteiger partial charge in [0.05, 0.1) is 0 Å². The van der Waals surface area contributed by atoms with E-state index in [1.54, 1.807) is 0 Å². The molecule has 5 heteroatoms. The normalized spacial score (nSPS) is 16.1. The second-order valence-corrected chi connectivity index (χ2v) is 7.79. The van der Waals surface area contributed by atoms with Crippen molar-refractivity contribution in [3.05, 3.63) is 57.5 Å². The van der Waals surface area contributed by atoms with Gasteiger partial charge in [0.1, 0.15) is 11.5 Å². The first-order chi connectivity index (χ1) is 12.0. The zero-order valence-electron chi connectivity index (χ0n) is 14.8. The van der Waals surface area contributed by atoms with Gasteiger partial charge in [-0.05, 0) is 76.0 Å². The van der Waals surface area contributed by atoms with Crippen LogP contribution >= 0.6 is 15.9 Å². The molecule has 0 atom stereocenters. The van der Waals surface area contributed by atoms with Crippen molar-refractivity contribution in [2.75, 3.05) is 19.6 Å². The van der Waals surface area contributed by atoms with Crippen molar-refractivity contribution < 1.29 is 9.21 Å². The van der Waals surface area contributed by atoms with E-state index in [0.29, 0.717) is 11.5 Å². The number of hydrogen-bond acceptors (Lipinski definition) is 3. The Morgan fingerprint density at radius 3 is 2.52 bits per heavy atom. The van der Waals surface area contributed by atoms with E-state index in [0.717, 1.165) is 55.0 Å². The largest absolute Gasteiger partial charge is 0.466 e. The Hall–Kier alpha value is -1.59. The maximum absolute atomic E-state index is 12.2. The molecule has 1 amide bonds. The Labute approximate surface area is 157 Å². The number of likely N-dealkylation sites (tertiary alicyclic amines) is 1. The molecular formula is C20H25BrN2O2. The average Bonchev–Trinajstić information content (AvgIpc) is 2.92. The van der Waals surface area contributed by atoms with E-state index in [4.69, 9.17) is 4.42 Å². The lowest BCUT2D eigenvalue weighted by atomic mass is 9.96. The fraction of sp³-hybridized carbons (Fsp3) is 0.450. The summed E-state index contributed by atoms with van der Waals surface area (Å²) < 4.78 is 6.60. The van der Waals surface area contributed by atoms with Gasteiger partial charge in [-0.1, -0.05) is 15.9 Å². The van der Waals surface area contributed by atoms with Gasteiger partial charge >= 0.3 is 0 Å². The van der Waals surface area contributed by atoms with Crippen molar-refractivity contribution in [1.82, 2.24) is 10.2 Å². The van der Waals surface area contributed by atoms with Crippen LogP contribution in [0.3, 0.4) is 0 Å². The van der Waals surface area contributed by atoms with Crippen LogP contribution in [-0.4, -0.2) is 30.4 Å².